The molecule has 3 rings (SSSR count). The second-order valence-electron chi connectivity index (χ2n) is 6.71. The minimum Gasteiger partial charge on any atom is -0.375 e. The van der Waals surface area contributed by atoms with E-state index >= 15 is 0 Å². The zero-order chi connectivity index (χ0) is 16.3. The molecule has 1 spiro atoms. The van der Waals surface area contributed by atoms with Crippen LogP contribution in [0.1, 0.15) is 31.4 Å². The molecular weight excluding hydrogens is 314 g/mol. The Morgan fingerprint density at radius 2 is 2.17 bits per heavy atom. The van der Waals surface area contributed by atoms with Crippen molar-refractivity contribution in [2.45, 2.75) is 43.9 Å². The summed E-state index contributed by atoms with van der Waals surface area (Å²) >= 11 is 0. The van der Waals surface area contributed by atoms with Crippen LogP contribution in [0.4, 0.5) is 0 Å². The summed E-state index contributed by atoms with van der Waals surface area (Å²) in [6.07, 6.45) is 6.48. The van der Waals surface area contributed by atoms with E-state index in [2.05, 4.69) is 14.6 Å². The lowest BCUT2D eigenvalue weighted by atomic mass is 9.82. The van der Waals surface area contributed by atoms with E-state index in [0.717, 1.165) is 51.0 Å². The number of sulfonamides is 1. The van der Waals surface area contributed by atoms with Crippen LogP contribution in [-0.2, 0) is 21.3 Å². The van der Waals surface area contributed by atoms with Crippen LogP contribution in [0.5, 0.6) is 0 Å². The first-order valence-electron chi connectivity index (χ1n) is 8.18. The Morgan fingerprint density at radius 1 is 1.39 bits per heavy atom. The molecule has 0 aromatic carbocycles. The van der Waals surface area contributed by atoms with Gasteiger partial charge in [0.15, 0.2) is 0 Å². The van der Waals surface area contributed by atoms with E-state index in [1.54, 1.807) is 0 Å². The average Bonchev–Trinajstić information content (AvgIpc) is 2.50. The van der Waals surface area contributed by atoms with Crippen molar-refractivity contribution in [3.05, 3.63) is 30.1 Å². The number of hydrogen-bond donors (Lipinski definition) is 1. The van der Waals surface area contributed by atoms with Crippen molar-refractivity contribution in [3.8, 4) is 0 Å². The van der Waals surface area contributed by atoms with Crippen molar-refractivity contribution >= 4 is 10.0 Å². The maximum Gasteiger partial charge on any atom is 0.208 e. The highest BCUT2D eigenvalue weighted by Gasteiger charge is 2.40. The molecule has 1 atom stereocenters. The van der Waals surface area contributed by atoms with Gasteiger partial charge in [0, 0.05) is 38.5 Å². The fourth-order valence-corrected chi connectivity index (χ4v) is 4.43. The maximum atomic E-state index is 11.5. The third-order valence-corrected chi connectivity index (χ3v) is 5.51. The molecule has 0 bridgehead atoms. The normalized spacial score (nSPS) is 25.5. The Bertz CT molecular complexity index is 613. The molecule has 0 aliphatic carbocycles. The lowest BCUT2D eigenvalue weighted by Gasteiger charge is -2.46. The van der Waals surface area contributed by atoms with Crippen LogP contribution in [0.3, 0.4) is 0 Å². The van der Waals surface area contributed by atoms with Crippen LogP contribution in [-0.4, -0.2) is 55.9 Å². The van der Waals surface area contributed by atoms with Gasteiger partial charge in [0.2, 0.25) is 10.0 Å². The van der Waals surface area contributed by atoms with Gasteiger partial charge < -0.3 is 4.74 Å². The summed E-state index contributed by atoms with van der Waals surface area (Å²) in [4.78, 5) is 6.77. The van der Waals surface area contributed by atoms with E-state index in [9.17, 15) is 8.42 Å². The molecule has 2 aliphatic heterocycles. The van der Waals surface area contributed by atoms with E-state index in [1.165, 1.54) is 6.26 Å². The molecule has 0 saturated carbocycles. The predicted molar refractivity (Wildman–Crippen MR) is 88.4 cm³/mol. The van der Waals surface area contributed by atoms with Gasteiger partial charge in [-0.15, -0.1) is 0 Å². The lowest BCUT2D eigenvalue weighted by molar-refractivity contribution is -0.118. The lowest BCUT2D eigenvalue weighted by Crippen LogP contribution is -2.53. The van der Waals surface area contributed by atoms with E-state index in [4.69, 9.17) is 4.74 Å². The van der Waals surface area contributed by atoms with Gasteiger partial charge >= 0.3 is 0 Å². The topological polar surface area (TPSA) is 71.5 Å². The molecule has 0 radical (unpaired) electrons. The maximum absolute atomic E-state index is 11.5. The number of pyridine rings is 1. The molecule has 1 N–H and O–H groups in total. The summed E-state index contributed by atoms with van der Waals surface area (Å²) in [5.74, 6) is 0. The van der Waals surface area contributed by atoms with E-state index < -0.39 is 10.0 Å². The average molecular weight is 339 g/mol. The van der Waals surface area contributed by atoms with Gasteiger partial charge in [-0.2, -0.15) is 0 Å². The summed E-state index contributed by atoms with van der Waals surface area (Å²) in [6.45, 7) is 3.42. The first-order valence-corrected chi connectivity index (χ1v) is 10.1. The van der Waals surface area contributed by atoms with Gasteiger partial charge in [0.1, 0.15) is 0 Å². The van der Waals surface area contributed by atoms with Gasteiger partial charge in [-0.05, 0) is 37.8 Å². The quantitative estimate of drug-likeness (QED) is 0.891. The standard InChI is InChI=1S/C16H25N3O3S/c1-23(20,21)18-14-5-11-22-16(12-14)6-9-19(10-7-16)13-15-4-2-3-8-17-15/h2-4,8,14,18H,5-7,9-13H2,1H3/t14-/m0/s1. The van der Waals surface area contributed by atoms with Crippen molar-refractivity contribution < 1.29 is 13.2 Å². The number of nitrogens with one attached hydrogen (secondary N) is 1. The largest absolute Gasteiger partial charge is 0.375 e. The summed E-state index contributed by atoms with van der Waals surface area (Å²) in [7, 11) is -3.15. The number of piperidine rings is 1. The molecule has 23 heavy (non-hydrogen) atoms. The second-order valence-corrected chi connectivity index (χ2v) is 8.49. The van der Waals surface area contributed by atoms with E-state index in [-0.39, 0.29) is 11.6 Å². The number of ether oxygens (including phenoxy) is 1. The van der Waals surface area contributed by atoms with Gasteiger partial charge in [-0.3, -0.25) is 9.88 Å². The molecule has 0 amide bonds. The van der Waals surface area contributed by atoms with Gasteiger partial charge in [-0.25, -0.2) is 13.1 Å². The highest BCUT2D eigenvalue weighted by Crippen LogP contribution is 2.35. The zero-order valence-electron chi connectivity index (χ0n) is 13.6. The van der Waals surface area contributed by atoms with Crippen molar-refractivity contribution in [2.75, 3.05) is 26.0 Å². The molecule has 0 unspecified atom stereocenters. The molecular formula is C16H25N3O3S. The minimum absolute atomic E-state index is 0.00101. The molecule has 128 valence electrons. The third kappa shape index (κ3) is 4.73. The first-order chi connectivity index (χ1) is 10.9. The van der Waals surface area contributed by atoms with Crippen LogP contribution in [0.25, 0.3) is 0 Å². The van der Waals surface area contributed by atoms with Gasteiger partial charge in [0.05, 0.1) is 17.6 Å². The smallest absolute Gasteiger partial charge is 0.208 e. The molecule has 2 saturated heterocycles. The van der Waals surface area contributed by atoms with Crippen LogP contribution >= 0.6 is 0 Å². The number of likely N-dealkylation sites (tertiary alicyclic amines) is 1. The fraction of sp³-hybridized carbons (Fsp3) is 0.688. The molecule has 6 nitrogen and oxygen atoms in total. The van der Waals surface area contributed by atoms with E-state index in [1.807, 2.05) is 24.4 Å². The van der Waals surface area contributed by atoms with Crippen LogP contribution in [0.2, 0.25) is 0 Å². The van der Waals surface area contributed by atoms with Crippen molar-refractivity contribution in [2.24, 2.45) is 0 Å². The van der Waals surface area contributed by atoms with Crippen molar-refractivity contribution in [3.63, 3.8) is 0 Å². The Balaban J connectivity index is 1.55. The molecule has 1 aromatic heterocycles. The number of hydrogen-bond acceptors (Lipinski definition) is 5. The Morgan fingerprint density at radius 3 is 2.83 bits per heavy atom. The molecule has 7 heteroatoms. The number of rotatable bonds is 4. The zero-order valence-corrected chi connectivity index (χ0v) is 14.4. The third-order valence-electron chi connectivity index (χ3n) is 4.75. The SMILES string of the molecule is CS(=O)(=O)N[C@H]1CCOC2(CCN(Cc3ccccn3)CC2)C1. The van der Waals surface area contributed by atoms with Crippen LogP contribution in [0.15, 0.2) is 24.4 Å². The first kappa shape index (κ1) is 16.8. The number of aromatic nitrogens is 1. The Labute approximate surface area is 138 Å². The summed E-state index contributed by atoms with van der Waals surface area (Å²) in [5.41, 5.74) is 0.922. The number of nitrogens with zero attached hydrogens (tertiary/aromatic N) is 2. The minimum atomic E-state index is -3.15. The van der Waals surface area contributed by atoms with Gasteiger partial charge in [0.25, 0.3) is 0 Å². The summed E-state index contributed by atoms with van der Waals surface area (Å²) < 4.78 is 31.7. The Kier molecular flexibility index (Phi) is 5.01. The highest BCUT2D eigenvalue weighted by atomic mass is 32.2. The Hall–Kier alpha value is -1.02. The fourth-order valence-electron chi connectivity index (χ4n) is 3.62. The second kappa shape index (κ2) is 6.84. The highest BCUT2D eigenvalue weighted by molar-refractivity contribution is 7.88. The van der Waals surface area contributed by atoms with Crippen LogP contribution in [0, 0.1) is 0 Å². The van der Waals surface area contributed by atoms with Crippen molar-refractivity contribution in [1.82, 2.24) is 14.6 Å². The van der Waals surface area contributed by atoms with E-state index in [0.29, 0.717) is 6.61 Å². The molecule has 2 aliphatic rings. The summed E-state index contributed by atoms with van der Waals surface area (Å²) in [6, 6.07) is 5.99. The molecule has 2 fully saturated rings. The van der Waals surface area contributed by atoms with Crippen LogP contribution < -0.4 is 4.72 Å². The van der Waals surface area contributed by atoms with Crippen molar-refractivity contribution in [1.29, 1.82) is 0 Å². The molecule has 1 aromatic rings. The molecule has 3 heterocycles. The van der Waals surface area contributed by atoms with Gasteiger partial charge in [-0.1, -0.05) is 6.07 Å². The summed E-state index contributed by atoms with van der Waals surface area (Å²) in [5, 5.41) is 0. The predicted octanol–water partition coefficient (Wildman–Crippen LogP) is 1.14. The monoisotopic (exact) mass is 339 g/mol.